The maximum atomic E-state index is 13.1. The van der Waals surface area contributed by atoms with E-state index in [2.05, 4.69) is 5.32 Å². The average Bonchev–Trinajstić information content (AvgIpc) is 2.78. The van der Waals surface area contributed by atoms with Crippen LogP contribution in [0.5, 0.6) is 0 Å². The van der Waals surface area contributed by atoms with E-state index in [1.165, 1.54) is 12.1 Å². The summed E-state index contributed by atoms with van der Waals surface area (Å²) in [5.41, 5.74) is 0.888. The van der Waals surface area contributed by atoms with Gasteiger partial charge in [-0.05, 0) is 30.0 Å². The number of amides is 3. The highest BCUT2D eigenvalue weighted by Crippen LogP contribution is 2.22. The van der Waals surface area contributed by atoms with Crippen LogP contribution in [0.4, 0.5) is 9.18 Å². The Morgan fingerprint density at radius 1 is 1.17 bits per heavy atom. The Labute approximate surface area is 136 Å². The number of halogens is 1. The zero-order valence-electron chi connectivity index (χ0n) is 13.7. The van der Waals surface area contributed by atoms with E-state index in [1.54, 1.807) is 21.9 Å². The molecule has 1 heterocycles. The summed E-state index contributed by atoms with van der Waals surface area (Å²) in [5, 5.41) is 3.04. The predicted molar refractivity (Wildman–Crippen MR) is 86.3 cm³/mol. The van der Waals surface area contributed by atoms with E-state index in [9.17, 15) is 14.0 Å². The Hall–Kier alpha value is -2.11. The molecule has 1 aliphatic heterocycles. The summed E-state index contributed by atoms with van der Waals surface area (Å²) in [6.45, 7) is 6.43. The van der Waals surface area contributed by atoms with Crippen LogP contribution in [0, 0.1) is 11.7 Å². The summed E-state index contributed by atoms with van der Waals surface area (Å²) >= 11 is 0. The van der Waals surface area contributed by atoms with Crippen molar-refractivity contribution in [2.24, 2.45) is 5.92 Å². The smallest absolute Gasteiger partial charge is 0.317 e. The first kappa shape index (κ1) is 17.2. The molecule has 0 aromatic heterocycles. The van der Waals surface area contributed by atoms with Gasteiger partial charge < -0.3 is 15.1 Å². The second-order valence-electron chi connectivity index (χ2n) is 6.20. The fourth-order valence-corrected chi connectivity index (χ4v) is 2.78. The average molecular weight is 321 g/mol. The van der Waals surface area contributed by atoms with Crippen LogP contribution in [0.25, 0.3) is 0 Å². The minimum atomic E-state index is -0.288. The minimum absolute atomic E-state index is 0.138. The topological polar surface area (TPSA) is 52.7 Å². The van der Waals surface area contributed by atoms with E-state index in [1.807, 2.05) is 13.8 Å². The van der Waals surface area contributed by atoms with Gasteiger partial charge in [0.05, 0.1) is 6.04 Å². The third-order valence-electron chi connectivity index (χ3n) is 4.14. The number of benzene rings is 1. The van der Waals surface area contributed by atoms with Gasteiger partial charge in [0.1, 0.15) is 5.82 Å². The lowest BCUT2D eigenvalue weighted by molar-refractivity contribution is -0.118. The van der Waals surface area contributed by atoms with Gasteiger partial charge in [-0.25, -0.2) is 9.18 Å². The molecular formula is C17H24FN3O2. The monoisotopic (exact) mass is 321 g/mol. The first-order chi connectivity index (χ1) is 11.0. The molecule has 0 bridgehead atoms. The molecule has 126 valence electrons. The predicted octanol–water partition coefficient (Wildman–Crippen LogP) is 2.40. The van der Waals surface area contributed by atoms with Crippen LogP contribution in [-0.2, 0) is 4.79 Å². The minimum Gasteiger partial charge on any atom is -0.343 e. The van der Waals surface area contributed by atoms with Gasteiger partial charge in [0.25, 0.3) is 0 Å². The van der Waals surface area contributed by atoms with Crippen molar-refractivity contribution >= 4 is 12.4 Å². The van der Waals surface area contributed by atoms with E-state index >= 15 is 0 Å². The number of hydrogen-bond donors (Lipinski definition) is 1. The summed E-state index contributed by atoms with van der Waals surface area (Å²) in [6, 6.07) is 5.91. The van der Waals surface area contributed by atoms with E-state index in [4.69, 9.17) is 0 Å². The van der Waals surface area contributed by atoms with Crippen LogP contribution in [0.2, 0.25) is 0 Å². The van der Waals surface area contributed by atoms with Gasteiger partial charge in [-0.2, -0.15) is 0 Å². The third kappa shape index (κ3) is 4.68. The van der Waals surface area contributed by atoms with Gasteiger partial charge in [-0.1, -0.05) is 26.0 Å². The number of rotatable bonds is 4. The molecule has 3 amide bonds. The van der Waals surface area contributed by atoms with Gasteiger partial charge in [-0.3, -0.25) is 4.79 Å². The van der Waals surface area contributed by atoms with Crippen LogP contribution >= 0.6 is 0 Å². The molecule has 1 saturated heterocycles. The second-order valence-corrected chi connectivity index (χ2v) is 6.20. The number of carbonyl (C=O) groups is 2. The van der Waals surface area contributed by atoms with Crippen molar-refractivity contribution in [1.29, 1.82) is 0 Å². The molecule has 1 aromatic carbocycles. The van der Waals surface area contributed by atoms with Crippen molar-refractivity contribution in [2.75, 3.05) is 26.2 Å². The molecular weight excluding hydrogens is 297 g/mol. The van der Waals surface area contributed by atoms with Crippen LogP contribution in [-0.4, -0.2) is 48.4 Å². The first-order valence-corrected chi connectivity index (χ1v) is 8.01. The first-order valence-electron chi connectivity index (χ1n) is 8.01. The molecule has 1 fully saturated rings. The van der Waals surface area contributed by atoms with Gasteiger partial charge in [-0.15, -0.1) is 0 Å². The summed E-state index contributed by atoms with van der Waals surface area (Å²) in [5.74, 6) is -0.105. The highest BCUT2D eigenvalue weighted by atomic mass is 19.1. The molecule has 0 unspecified atom stereocenters. The lowest BCUT2D eigenvalue weighted by atomic mass is 9.96. The van der Waals surface area contributed by atoms with Crippen molar-refractivity contribution in [2.45, 2.75) is 26.3 Å². The van der Waals surface area contributed by atoms with Gasteiger partial charge in [0.2, 0.25) is 6.41 Å². The lowest BCUT2D eigenvalue weighted by Crippen LogP contribution is -2.44. The van der Waals surface area contributed by atoms with Crippen molar-refractivity contribution < 1.29 is 14.0 Å². The maximum absolute atomic E-state index is 13.1. The van der Waals surface area contributed by atoms with Gasteiger partial charge >= 0.3 is 6.03 Å². The fourth-order valence-electron chi connectivity index (χ4n) is 2.78. The van der Waals surface area contributed by atoms with Gasteiger partial charge in [0.15, 0.2) is 0 Å². The highest BCUT2D eigenvalue weighted by molar-refractivity contribution is 5.75. The Bertz CT molecular complexity index is 533. The molecule has 1 aromatic rings. The summed E-state index contributed by atoms with van der Waals surface area (Å²) in [4.78, 5) is 26.8. The Morgan fingerprint density at radius 3 is 2.48 bits per heavy atom. The fraction of sp³-hybridized carbons (Fsp3) is 0.529. The molecule has 2 rings (SSSR count). The van der Waals surface area contributed by atoms with Crippen LogP contribution in [0.1, 0.15) is 31.9 Å². The van der Waals surface area contributed by atoms with Crippen molar-refractivity contribution in [3.8, 4) is 0 Å². The van der Waals surface area contributed by atoms with E-state index < -0.39 is 0 Å². The summed E-state index contributed by atoms with van der Waals surface area (Å²) in [7, 11) is 0. The Kier molecular flexibility index (Phi) is 5.96. The Balaban J connectivity index is 2.03. The molecule has 0 radical (unpaired) electrons. The third-order valence-corrected chi connectivity index (χ3v) is 4.14. The van der Waals surface area contributed by atoms with E-state index in [-0.39, 0.29) is 23.8 Å². The molecule has 0 spiro atoms. The molecule has 1 atom stereocenters. The largest absolute Gasteiger partial charge is 0.343 e. The van der Waals surface area contributed by atoms with Crippen LogP contribution < -0.4 is 5.32 Å². The SMILES string of the molecule is CC(C)[C@H](NC(=O)N1CCCN(C=O)CC1)c1ccc(F)cc1. The number of nitrogens with one attached hydrogen (secondary N) is 1. The molecule has 0 saturated carbocycles. The number of carbonyl (C=O) groups excluding carboxylic acids is 2. The maximum Gasteiger partial charge on any atom is 0.317 e. The zero-order chi connectivity index (χ0) is 16.8. The van der Waals surface area contributed by atoms with Crippen molar-refractivity contribution in [3.63, 3.8) is 0 Å². The van der Waals surface area contributed by atoms with Crippen LogP contribution in [0.15, 0.2) is 24.3 Å². The Morgan fingerprint density at radius 2 is 1.87 bits per heavy atom. The quantitative estimate of drug-likeness (QED) is 0.866. The molecule has 0 aliphatic carbocycles. The van der Waals surface area contributed by atoms with Crippen LogP contribution in [0.3, 0.4) is 0 Å². The summed E-state index contributed by atoms with van der Waals surface area (Å²) < 4.78 is 13.1. The van der Waals surface area contributed by atoms with Crippen molar-refractivity contribution in [1.82, 2.24) is 15.1 Å². The normalized spacial score (nSPS) is 16.9. The summed E-state index contributed by atoms with van der Waals surface area (Å²) in [6.07, 6.45) is 1.60. The molecule has 5 nitrogen and oxygen atoms in total. The lowest BCUT2D eigenvalue weighted by Gasteiger charge is -2.28. The molecule has 6 heteroatoms. The van der Waals surface area contributed by atoms with E-state index in [0.717, 1.165) is 18.4 Å². The number of hydrogen-bond acceptors (Lipinski definition) is 2. The van der Waals surface area contributed by atoms with Crippen molar-refractivity contribution in [3.05, 3.63) is 35.6 Å². The van der Waals surface area contributed by atoms with Gasteiger partial charge in [0, 0.05) is 26.2 Å². The molecule has 1 aliphatic rings. The number of urea groups is 1. The highest BCUT2D eigenvalue weighted by Gasteiger charge is 2.23. The standard InChI is InChI=1S/C17H24FN3O2/c1-13(2)16(14-4-6-15(18)7-5-14)19-17(23)21-9-3-8-20(12-22)10-11-21/h4-7,12-13,16H,3,8-11H2,1-2H3,(H,19,23)/t16-/m0/s1. The van der Waals surface area contributed by atoms with E-state index in [0.29, 0.717) is 26.2 Å². The zero-order valence-corrected chi connectivity index (χ0v) is 13.7. The number of nitrogens with zero attached hydrogens (tertiary/aromatic N) is 2. The second kappa shape index (κ2) is 7.94. The molecule has 23 heavy (non-hydrogen) atoms. The molecule has 1 N–H and O–H groups in total.